The van der Waals surface area contributed by atoms with Gasteiger partial charge in [-0.3, -0.25) is 19.5 Å². The van der Waals surface area contributed by atoms with Gasteiger partial charge in [-0.25, -0.2) is 0 Å². The molecule has 2 saturated heterocycles. The van der Waals surface area contributed by atoms with E-state index in [2.05, 4.69) is 15.2 Å². The number of halogens is 3. The molecule has 3 heterocycles. The van der Waals surface area contributed by atoms with Gasteiger partial charge in [0, 0.05) is 51.3 Å². The van der Waals surface area contributed by atoms with Crippen LogP contribution in [0, 0.1) is 0 Å². The topological polar surface area (TPSA) is 65.5 Å². The van der Waals surface area contributed by atoms with E-state index in [0.29, 0.717) is 18.8 Å². The summed E-state index contributed by atoms with van der Waals surface area (Å²) in [7, 11) is 0. The Kier molecular flexibility index (Phi) is 6.45. The second-order valence-corrected chi connectivity index (χ2v) is 7.81. The zero-order chi connectivity index (χ0) is 21.2. The minimum Gasteiger partial charge on any atom is -0.352 e. The van der Waals surface area contributed by atoms with Crippen LogP contribution in [0.15, 0.2) is 12.3 Å². The molecule has 1 atom stereocenters. The molecular weight excluding hydrogens is 385 g/mol. The van der Waals surface area contributed by atoms with Crippen LogP contribution in [0.25, 0.3) is 0 Å². The number of amides is 2. The lowest BCUT2D eigenvalue weighted by atomic mass is 9.99. The first-order valence-corrected chi connectivity index (χ1v) is 9.98. The number of hydrogen-bond donors (Lipinski definition) is 1. The van der Waals surface area contributed by atoms with E-state index in [1.165, 1.54) is 13.1 Å². The molecule has 2 aliphatic heterocycles. The van der Waals surface area contributed by atoms with Gasteiger partial charge in [0.15, 0.2) is 0 Å². The first kappa shape index (κ1) is 21.5. The average Bonchev–Trinajstić information content (AvgIpc) is 3.15. The van der Waals surface area contributed by atoms with Crippen molar-refractivity contribution in [3.63, 3.8) is 0 Å². The fourth-order valence-corrected chi connectivity index (χ4v) is 4.36. The van der Waals surface area contributed by atoms with Crippen molar-refractivity contribution in [1.29, 1.82) is 0 Å². The fourth-order valence-electron chi connectivity index (χ4n) is 4.36. The predicted molar refractivity (Wildman–Crippen MR) is 101 cm³/mol. The number of alkyl halides is 3. The molecule has 0 saturated carbocycles. The Morgan fingerprint density at radius 2 is 1.86 bits per heavy atom. The summed E-state index contributed by atoms with van der Waals surface area (Å²) in [5.74, 6) is -0.325. The van der Waals surface area contributed by atoms with Crippen LogP contribution in [0.3, 0.4) is 0 Å². The SMILES string of the molecule is CC(=O)NCc1cnc([C@@H]2CCCN2C2CCN(C(C)=O)CC2)cc1C(F)(F)F. The first-order chi connectivity index (χ1) is 13.7. The van der Waals surface area contributed by atoms with Crippen LogP contribution >= 0.6 is 0 Å². The molecule has 3 rings (SSSR count). The van der Waals surface area contributed by atoms with E-state index in [1.54, 1.807) is 6.92 Å². The van der Waals surface area contributed by atoms with Gasteiger partial charge in [-0.15, -0.1) is 0 Å². The van der Waals surface area contributed by atoms with Gasteiger partial charge in [-0.2, -0.15) is 13.2 Å². The van der Waals surface area contributed by atoms with Crippen LogP contribution < -0.4 is 5.32 Å². The maximum absolute atomic E-state index is 13.6. The number of aromatic nitrogens is 1. The van der Waals surface area contributed by atoms with Crippen LogP contribution in [0.1, 0.15) is 62.4 Å². The molecule has 1 aromatic heterocycles. The van der Waals surface area contributed by atoms with E-state index < -0.39 is 11.7 Å². The summed E-state index contributed by atoms with van der Waals surface area (Å²) in [4.78, 5) is 31.1. The number of likely N-dealkylation sites (tertiary alicyclic amines) is 2. The number of nitrogens with one attached hydrogen (secondary N) is 1. The summed E-state index contributed by atoms with van der Waals surface area (Å²) in [6.07, 6.45) is 0.0485. The zero-order valence-corrected chi connectivity index (χ0v) is 16.8. The molecule has 0 aliphatic carbocycles. The Balaban J connectivity index is 1.79. The summed E-state index contributed by atoms with van der Waals surface area (Å²) in [6, 6.07) is 1.23. The van der Waals surface area contributed by atoms with Gasteiger partial charge in [-0.1, -0.05) is 0 Å². The lowest BCUT2D eigenvalue weighted by Gasteiger charge is -2.39. The largest absolute Gasteiger partial charge is 0.416 e. The molecule has 2 aliphatic rings. The summed E-state index contributed by atoms with van der Waals surface area (Å²) in [5, 5.41) is 2.42. The molecule has 6 nitrogen and oxygen atoms in total. The average molecular weight is 412 g/mol. The van der Waals surface area contributed by atoms with Crippen molar-refractivity contribution in [1.82, 2.24) is 20.1 Å². The maximum Gasteiger partial charge on any atom is 0.416 e. The third-order valence-corrected chi connectivity index (χ3v) is 5.86. The van der Waals surface area contributed by atoms with Gasteiger partial charge in [0.05, 0.1) is 17.3 Å². The van der Waals surface area contributed by atoms with Crippen molar-refractivity contribution in [2.24, 2.45) is 0 Å². The molecule has 0 unspecified atom stereocenters. The smallest absolute Gasteiger partial charge is 0.352 e. The van der Waals surface area contributed by atoms with E-state index in [1.807, 2.05) is 4.90 Å². The standard InChI is InChI=1S/C20H27F3N4O2/c1-13(28)24-11-15-12-25-18(10-17(15)20(21,22)23)19-4-3-7-27(19)16-5-8-26(9-6-16)14(2)29/h10,12,16,19H,3-9,11H2,1-2H3,(H,24,28)/t19-/m0/s1. The third-order valence-electron chi connectivity index (χ3n) is 5.86. The van der Waals surface area contributed by atoms with Crippen LogP contribution in [-0.4, -0.2) is 52.3 Å². The van der Waals surface area contributed by atoms with Crippen molar-refractivity contribution in [3.05, 3.63) is 29.1 Å². The number of piperidine rings is 1. The van der Waals surface area contributed by atoms with Gasteiger partial charge in [0.2, 0.25) is 11.8 Å². The van der Waals surface area contributed by atoms with E-state index in [9.17, 15) is 22.8 Å². The van der Waals surface area contributed by atoms with Crippen molar-refractivity contribution in [2.45, 2.75) is 64.3 Å². The van der Waals surface area contributed by atoms with Crippen molar-refractivity contribution in [3.8, 4) is 0 Å². The minimum atomic E-state index is -4.51. The van der Waals surface area contributed by atoms with Gasteiger partial charge < -0.3 is 10.2 Å². The van der Waals surface area contributed by atoms with Crippen molar-refractivity contribution >= 4 is 11.8 Å². The quantitative estimate of drug-likeness (QED) is 0.826. The Bertz CT molecular complexity index is 761. The molecule has 160 valence electrons. The summed E-state index contributed by atoms with van der Waals surface area (Å²) in [5.41, 5.74) is -0.347. The lowest BCUT2D eigenvalue weighted by Crippen LogP contribution is -2.46. The fraction of sp³-hybridized carbons (Fsp3) is 0.650. The molecule has 2 fully saturated rings. The molecule has 0 bridgehead atoms. The third kappa shape index (κ3) is 5.07. The van der Waals surface area contributed by atoms with Gasteiger partial charge >= 0.3 is 6.18 Å². The predicted octanol–water partition coefficient (Wildman–Crippen LogP) is 2.88. The lowest BCUT2D eigenvalue weighted by molar-refractivity contribution is -0.138. The molecule has 29 heavy (non-hydrogen) atoms. The van der Waals surface area contributed by atoms with Crippen LogP contribution in [0.4, 0.5) is 13.2 Å². The zero-order valence-electron chi connectivity index (χ0n) is 16.8. The number of rotatable bonds is 4. The number of carbonyl (C=O) groups excluding carboxylic acids is 2. The number of carbonyl (C=O) groups is 2. The van der Waals surface area contributed by atoms with E-state index in [0.717, 1.165) is 38.3 Å². The molecule has 9 heteroatoms. The molecule has 0 radical (unpaired) electrons. The van der Waals surface area contributed by atoms with Gasteiger partial charge in [-0.05, 0) is 38.3 Å². The van der Waals surface area contributed by atoms with Gasteiger partial charge in [0.25, 0.3) is 0 Å². The minimum absolute atomic E-state index is 0.0317. The van der Waals surface area contributed by atoms with E-state index >= 15 is 0 Å². The molecule has 0 spiro atoms. The van der Waals surface area contributed by atoms with E-state index in [-0.39, 0.29) is 36.0 Å². The van der Waals surface area contributed by atoms with Crippen LogP contribution in [0.2, 0.25) is 0 Å². The van der Waals surface area contributed by atoms with Gasteiger partial charge in [0.1, 0.15) is 0 Å². The summed E-state index contributed by atoms with van der Waals surface area (Å²) in [6.45, 7) is 4.81. The first-order valence-electron chi connectivity index (χ1n) is 9.98. The molecular formula is C20H27F3N4O2. The second-order valence-electron chi connectivity index (χ2n) is 7.81. The number of hydrogen-bond acceptors (Lipinski definition) is 4. The molecule has 1 aromatic rings. The van der Waals surface area contributed by atoms with Crippen molar-refractivity contribution in [2.75, 3.05) is 19.6 Å². The summed E-state index contributed by atoms with van der Waals surface area (Å²) < 4.78 is 40.9. The molecule has 2 amide bonds. The highest BCUT2D eigenvalue weighted by Crippen LogP contribution is 2.38. The Labute approximate surface area is 168 Å². The normalized spacial score (nSPS) is 21.4. The van der Waals surface area contributed by atoms with Crippen molar-refractivity contribution < 1.29 is 22.8 Å². The molecule has 0 aromatic carbocycles. The monoisotopic (exact) mass is 412 g/mol. The highest BCUT2D eigenvalue weighted by atomic mass is 19.4. The maximum atomic E-state index is 13.6. The Morgan fingerprint density at radius 1 is 1.17 bits per heavy atom. The van der Waals surface area contributed by atoms with Crippen LogP contribution in [0.5, 0.6) is 0 Å². The number of pyridine rings is 1. The Morgan fingerprint density at radius 3 is 2.45 bits per heavy atom. The highest BCUT2D eigenvalue weighted by molar-refractivity contribution is 5.73. The molecule has 1 N–H and O–H groups in total. The second kappa shape index (κ2) is 8.69. The number of nitrogens with zero attached hydrogens (tertiary/aromatic N) is 3. The van der Waals surface area contributed by atoms with E-state index in [4.69, 9.17) is 0 Å². The Hall–Kier alpha value is -2.16. The van der Waals surface area contributed by atoms with Crippen LogP contribution in [-0.2, 0) is 22.3 Å². The summed E-state index contributed by atoms with van der Waals surface area (Å²) >= 11 is 0. The highest BCUT2D eigenvalue weighted by Gasteiger charge is 2.38.